The number of nitrogens with zero attached hydrogens (tertiary/aromatic N) is 3. The van der Waals surface area contributed by atoms with Crippen LogP contribution in [0.1, 0.15) is 13.8 Å². The van der Waals surface area contributed by atoms with Gasteiger partial charge in [-0.25, -0.2) is 13.2 Å². The number of hydrogen-bond donors (Lipinski definition) is 1. The van der Waals surface area contributed by atoms with E-state index in [0.717, 1.165) is 19.6 Å². The zero-order chi connectivity index (χ0) is 21.7. The van der Waals surface area contributed by atoms with Gasteiger partial charge in [-0.1, -0.05) is 25.4 Å². The smallest absolute Gasteiger partial charge is 0.317 e. The second-order valence-corrected chi connectivity index (χ2v) is 10.6. The van der Waals surface area contributed by atoms with Gasteiger partial charge >= 0.3 is 6.03 Å². The van der Waals surface area contributed by atoms with Gasteiger partial charge in [0.25, 0.3) is 0 Å². The largest absolute Gasteiger partial charge is 0.374 e. The van der Waals surface area contributed by atoms with Crippen molar-refractivity contribution < 1.29 is 17.9 Å². The lowest BCUT2D eigenvalue weighted by molar-refractivity contribution is -0.0294. The van der Waals surface area contributed by atoms with Crippen LogP contribution in [-0.4, -0.2) is 93.6 Å². The molecule has 0 bridgehead atoms. The van der Waals surface area contributed by atoms with Gasteiger partial charge in [0.1, 0.15) is 0 Å². The highest BCUT2D eigenvalue weighted by Crippen LogP contribution is 2.20. The number of nitrogens with one attached hydrogen (secondary N) is 1. The maximum Gasteiger partial charge on any atom is 0.317 e. The first-order chi connectivity index (χ1) is 14.3. The molecule has 0 aromatic heterocycles. The summed E-state index contributed by atoms with van der Waals surface area (Å²) in [7, 11) is -3.58. The molecule has 8 nitrogen and oxygen atoms in total. The van der Waals surface area contributed by atoms with Crippen LogP contribution >= 0.6 is 11.6 Å². The van der Waals surface area contributed by atoms with Crippen molar-refractivity contribution >= 4 is 27.7 Å². The number of sulfonamides is 1. The standard InChI is InChI=1S/C20H31ClN4O4S/c1-16(2)14-23-11-12-29-18(15-23)13-22-20(26)24-7-9-25(10-8-24)30(27,28)19-5-3-17(21)4-6-19/h3-6,16,18H,7-15H2,1-2H3,(H,22,26). The SMILES string of the molecule is CC(C)CN1CCOC(CNC(=O)N2CCN(S(=O)(=O)c3ccc(Cl)cc3)CC2)C1. The fraction of sp³-hybridized carbons (Fsp3) is 0.650. The maximum absolute atomic E-state index is 12.8. The van der Waals surface area contributed by atoms with Gasteiger partial charge in [0, 0.05) is 57.4 Å². The maximum atomic E-state index is 12.8. The Morgan fingerprint density at radius 3 is 2.47 bits per heavy atom. The molecule has 30 heavy (non-hydrogen) atoms. The third kappa shape index (κ3) is 6.07. The second kappa shape index (κ2) is 10.3. The molecule has 1 unspecified atom stereocenters. The summed E-state index contributed by atoms with van der Waals surface area (Å²) in [5, 5.41) is 3.43. The van der Waals surface area contributed by atoms with Crippen molar-refractivity contribution in [1.29, 1.82) is 0 Å². The normalized spacial score (nSPS) is 21.7. The average molecular weight is 459 g/mol. The summed E-state index contributed by atoms with van der Waals surface area (Å²) in [5.74, 6) is 0.596. The summed E-state index contributed by atoms with van der Waals surface area (Å²) in [6.45, 7) is 9.51. The average Bonchev–Trinajstić information content (AvgIpc) is 2.72. The van der Waals surface area contributed by atoms with E-state index in [1.807, 2.05) is 0 Å². The van der Waals surface area contributed by atoms with Crippen LogP contribution in [0.25, 0.3) is 0 Å². The predicted molar refractivity (Wildman–Crippen MR) is 116 cm³/mol. The highest BCUT2D eigenvalue weighted by Gasteiger charge is 2.30. The van der Waals surface area contributed by atoms with E-state index in [-0.39, 0.29) is 30.1 Å². The van der Waals surface area contributed by atoms with Crippen LogP contribution in [0.2, 0.25) is 5.02 Å². The van der Waals surface area contributed by atoms with Crippen molar-refractivity contribution in [3.63, 3.8) is 0 Å². The molecule has 1 N–H and O–H groups in total. The number of morpholine rings is 1. The molecular weight excluding hydrogens is 428 g/mol. The highest BCUT2D eigenvalue weighted by molar-refractivity contribution is 7.89. The van der Waals surface area contributed by atoms with Crippen molar-refractivity contribution in [2.75, 3.05) is 59.0 Å². The van der Waals surface area contributed by atoms with Crippen LogP contribution in [0.5, 0.6) is 0 Å². The molecule has 168 valence electrons. The molecule has 0 spiro atoms. The molecule has 0 saturated carbocycles. The summed E-state index contributed by atoms with van der Waals surface area (Å²) in [6.07, 6.45) is -0.0204. The molecule has 2 aliphatic rings. The van der Waals surface area contributed by atoms with E-state index < -0.39 is 10.0 Å². The number of rotatable bonds is 6. The minimum Gasteiger partial charge on any atom is -0.374 e. The Morgan fingerprint density at radius 1 is 1.17 bits per heavy atom. The number of carbonyl (C=O) groups is 1. The number of amides is 2. The Bertz CT molecular complexity index is 811. The second-order valence-electron chi connectivity index (χ2n) is 8.18. The number of ether oxygens (including phenoxy) is 1. The van der Waals surface area contributed by atoms with Gasteiger partial charge < -0.3 is 15.0 Å². The Hall–Kier alpha value is -1.39. The fourth-order valence-corrected chi connectivity index (χ4v) is 5.33. The molecule has 10 heteroatoms. The van der Waals surface area contributed by atoms with E-state index >= 15 is 0 Å². The van der Waals surface area contributed by atoms with Crippen molar-refractivity contribution in [2.24, 2.45) is 5.92 Å². The monoisotopic (exact) mass is 458 g/mol. The van der Waals surface area contributed by atoms with Gasteiger partial charge in [-0.2, -0.15) is 4.31 Å². The predicted octanol–water partition coefficient (Wildman–Crippen LogP) is 1.71. The summed E-state index contributed by atoms with van der Waals surface area (Å²) >= 11 is 5.85. The number of piperazine rings is 1. The topological polar surface area (TPSA) is 82.2 Å². The van der Waals surface area contributed by atoms with E-state index in [4.69, 9.17) is 16.3 Å². The van der Waals surface area contributed by atoms with E-state index in [2.05, 4.69) is 24.1 Å². The summed E-state index contributed by atoms with van der Waals surface area (Å²) in [4.78, 5) is 16.8. The quantitative estimate of drug-likeness (QED) is 0.701. The number of hydrogen-bond acceptors (Lipinski definition) is 5. The molecule has 3 rings (SSSR count). The van der Waals surface area contributed by atoms with E-state index in [1.54, 1.807) is 17.0 Å². The van der Waals surface area contributed by atoms with Crippen LogP contribution in [0, 0.1) is 5.92 Å². The third-order valence-corrected chi connectivity index (χ3v) is 7.47. The first-order valence-corrected chi connectivity index (χ1v) is 12.2. The van der Waals surface area contributed by atoms with Gasteiger partial charge in [0.05, 0.1) is 17.6 Å². The Kier molecular flexibility index (Phi) is 7.98. The van der Waals surface area contributed by atoms with Gasteiger partial charge in [-0.05, 0) is 30.2 Å². The first-order valence-electron chi connectivity index (χ1n) is 10.4. The van der Waals surface area contributed by atoms with Gasteiger partial charge in [0.15, 0.2) is 0 Å². The molecule has 2 saturated heterocycles. The molecule has 1 aromatic carbocycles. The van der Waals surface area contributed by atoms with Gasteiger partial charge in [-0.3, -0.25) is 4.90 Å². The number of urea groups is 1. The molecule has 0 radical (unpaired) electrons. The summed E-state index contributed by atoms with van der Waals surface area (Å²) < 4.78 is 32.7. The highest BCUT2D eigenvalue weighted by atomic mass is 35.5. The van der Waals surface area contributed by atoms with Gasteiger partial charge in [-0.15, -0.1) is 0 Å². The summed E-state index contributed by atoms with van der Waals surface area (Å²) in [6, 6.07) is 5.96. The Labute approximate surface area is 184 Å². The molecule has 2 heterocycles. The molecule has 2 aliphatic heterocycles. The van der Waals surface area contributed by atoms with E-state index in [9.17, 15) is 13.2 Å². The lowest BCUT2D eigenvalue weighted by atomic mass is 10.2. The zero-order valence-corrected chi connectivity index (χ0v) is 19.2. The lowest BCUT2D eigenvalue weighted by Gasteiger charge is -2.36. The Morgan fingerprint density at radius 2 is 1.83 bits per heavy atom. The first kappa shape index (κ1) is 23.3. The number of halogens is 1. The molecule has 0 aliphatic carbocycles. The molecule has 2 fully saturated rings. The summed E-state index contributed by atoms with van der Waals surface area (Å²) in [5.41, 5.74) is 0. The minimum atomic E-state index is -3.58. The third-order valence-electron chi connectivity index (χ3n) is 5.30. The molecule has 2 amide bonds. The molecule has 1 aromatic rings. The van der Waals surface area contributed by atoms with Crippen molar-refractivity contribution in [1.82, 2.24) is 19.4 Å². The van der Waals surface area contributed by atoms with Crippen LogP contribution in [0.15, 0.2) is 29.2 Å². The van der Waals surface area contributed by atoms with Crippen molar-refractivity contribution in [2.45, 2.75) is 24.8 Å². The van der Waals surface area contributed by atoms with Crippen LogP contribution in [-0.2, 0) is 14.8 Å². The van der Waals surface area contributed by atoms with Gasteiger partial charge in [0.2, 0.25) is 10.0 Å². The van der Waals surface area contributed by atoms with Crippen LogP contribution < -0.4 is 5.32 Å². The van der Waals surface area contributed by atoms with Crippen molar-refractivity contribution in [3.8, 4) is 0 Å². The van der Waals surface area contributed by atoms with E-state index in [0.29, 0.717) is 37.2 Å². The zero-order valence-electron chi connectivity index (χ0n) is 17.6. The van der Waals surface area contributed by atoms with Crippen LogP contribution in [0.3, 0.4) is 0 Å². The fourth-order valence-electron chi connectivity index (χ4n) is 3.79. The molecular formula is C20H31ClN4O4S. The lowest BCUT2D eigenvalue weighted by Crippen LogP contribution is -2.55. The van der Waals surface area contributed by atoms with Crippen LogP contribution in [0.4, 0.5) is 4.79 Å². The minimum absolute atomic E-state index is 0.0204. The number of carbonyl (C=O) groups excluding carboxylic acids is 1. The van der Waals surface area contributed by atoms with E-state index in [1.165, 1.54) is 16.4 Å². The number of benzene rings is 1. The molecule has 1 atom stereocenters. The Balaban J connectivity index is 1.45. The van der Waals surface area contributed by atoms with Crippen molar-refractivity contribution in [3.05, 3.63) is 29.3 Å².